The van der Waals surface area contributed by atoms with Crippen molar-refractivity contribution >= 4 is 0 Å². The number of rotatable bonds is 5. The van der Waals surface area contributed by atoms with Crippen LogP contribution in [0.5, 0.6) is 0 Å². The highest BCUT2D eigenvalue weighted by molar-refractivity contribution is 5.04. The molecule has 0 N–H and O–H groups in total. The second kappa shape index (κ2) is 6.23. The molecule has 1 aliphatic carbocycles. The predicted octanol–water partition coefficient (Wildman–Crippen LogP) is 4.70. The fraction of sp³-hybridized carbons (Fsp3) is 0.846. The third-order valence-corrected chi connectivity index (χ3v) is 3.18. The number of hydrogen-bond donors (Lipinski definition) is 0. The normalized spacial score (nSPS) is 19.7. The lowest BCUT2D eigenvalue weighted by atomic mass is 9.99. The van der Waals surface area contributed by atoms with Crippen LogP contribution in [-0.2, 0) is 0 Å². The van der Waals surface area contributed by atoms with Gasteiger partial charge in [-0.3, -0.25) is 0 Å². The zero-order chi connectivity index (χ0) is 9.52. The van der Waals surface area contributed by atoms with E-state index in [1.807, 2.05) is 0 Å². The molecular weight excluding hydrogens is 156 g/mol. The number of unbranched alkanes of at least 4 members (excludes halogenated alkanes) is 1. The van der Waals surface area contributed by atoms with Gasteiger partial charge in [0.25, 0.3) is 0 Å². The minimum absolute atomic E-state index is 0.937. The Bertz CT molecular complexity index is 149. The summed E-state index contributed by atoms with van der Waals surface area (Å²) >= 11 is 0. The zero-order valence-electron chi connectivity index (χ0n) is 9.31. The van der Waals surface area contributed by atoms with E-state index in [1.165, 1.54) is 51.4 Å². The molecule has 0 radical (unpaired) electrons. The van der Waals surface area contributed by atoms with Gasteiger partial charge in [0.1, 0.15) is 0 Å². The Morgan fingerprint density at radius 3 is 2.46 bits per heavy atom. The van der Waals surface area contributed by atoms with Crippen LogP contribution in [0.4, 0.5) is 0 Å². The molecule has 0 aromatic rings. The molecule has 0 amide bonds. The summed E-state index contributed by atoms with van der Waals surface area (Å²) < 4.78 is 0. The summed E-state index contributed by atoms with van der Waals surface area (Å²) in [6, 6.07) is 0. The second-order valence-electron chi connectivity index (χ2n) is 4.33. The quantitative estimate of drug-likeness (QED) is 0.538. The molecule has 0 unspecified atom stereocenters. The van der Waals surface area contributed by atoms with Gasteiger partial charge in [0.05, 0.1) is 0 Å². The average Bonchev–Trinajstić information content (AvgIpc) is 2.64. The molecule has 0 nitrogen and oxygen atoms in total. The van der Waals surface area contributed by atoms with E-state index in [0.717, 1.165) is 5.92 Å². The van der Waals surface area contributed by atoms with Crippen molar-refractivity contribution in [2.24, 2.45) is 5.92 Å². The van der Waals surface area contributed by atoms with Gasteiger partial charge >= 0.3 is 0 Å². The second-order valence-corrected chi connectivity index (χ2v) is 4.33. The first kappa shape index (κ1) is 10.8. The van der Waals surface area contributed by atoms with E-state index in [2.05, 4.69) is 19.9 Å². The van der Waals surface area contributed by atoms with Crippen LogP contribution < -0.4 is 0 Å². The molecule has 1 saturated carbocycles. The van der Waals surface area contributed by atoms with E-state index in [1.54, 1.807) is 5.57 Å². The zero-order valence-corrected chi connectivity index (χ0v) is 9.31. The molecule has 0 saturated heterocycles. The van der Waals surface area contributed by atoms with Crippen LogP contribution in [0.25, 0.3) is 0 Å². The van der Waals surface area contributed by atoms with E-state index in [-0.39, 0.29) is 0 Å². The molecule has 0 heterocycles. The molecule has 0 aromatic carbocycles. The standard InChI is InChI=1S/C13H24/c1-3-5-8-12(4-2)11-13-9-6-7-10-13/h11,13H,3-10H2,1-2H3/b12-11-. The van der Waals surface area contributed by atoms with Crippen LogP contribution in [0.3, 0.4) is 0 Å². The maximum absolute atomic E-state index is 2.59. The third-order valence-electron chi connectivity index (χ3n) is 3.18. The van der Waals surface area contributed by atoms with Crippen molar-refractivity contribution in [3.63, 3.8) is 0 Å². The van der Waals surface area contributed by atoms with Gasteiger partial charge in [-0.1, -0.05) is 44.8 Å². The van der Waals surface area contributed by atoms with E-state index < -0.39 is 0 Å². The highest BCUT2D eigenvalue weighted by atomic mass is 14.2. The molecule has 13 heavy (non-hydrogen) atoms. The predicted molar refractivity (Wildman–Crippen MR) is 59.9 cm³/mol. The van der Waals surface area contributed by atoms with Gasteiger partial charge in [-0.05, 0) is 38.0 Å². The summed E-state index contributed by atoms with van der Waals surface area (Å²) in [6.07, 6.45) is 13.8. The maximum Gasteiger partial charge on any atom is -0.0231 e. The van der Waals surface area contributed by atoms with Crippen LogP contribution in [-0.4, -0.2) is 0 Å². The van der Waals surface area contributed by atoms with Crippen LogP contribution in [0.2, 0.25) is 0 Å². The molecule has 76 valence electrons. The first-order chi connectivity index (χ1) is 6.36. The summed E-state index contributed by atoms with van der Waals surface area (Å²) in [5, 5.41) is 0. The fourth-order valence-electron chi connectivity index (χ4n) is 2.24. The largest absolute Gasteiger partial charge is 0.0822 e. The van der Waals surface area contributed by atoms with Gasteiger partial charge in [0, 0.05) is 0 Å². The summed E-state index contributed by atoms with van der Waals surface area (Å²) in [5.74, 6) is 0.937. The Balaban J connectivity index is 2.33. The van der Waals surface area contributed by atoms with E-state index in [4.69, 9.17) is 0 Å². The average molecular weight is 180 g/mol. The molecule has 0 aromatic heterocycles. The van der Waals surface area contributed by atoms with Gasteiger partial charge in [-0.2, -0.15) is 0 Å². The molecule has 0 heteroatoms. The van der Waals surface area contributed by atoms with Gasteiger partial charge < -0.3 is 0 Å². The van der Waals surface area contributed by atoms with E-state index >= 15 is 0 Å². The Kier molecular flexibility index (Phi) is 5.19. The number of hydrogen-bond acceptors (Lipinski definition) is 0. The summed E-state index contributed by atoms with van der Waals surface area (Å²) in [5.41, 5.74) is 1.72. The lowest BCUT2D eigenvalue weighted by molar-refractivity contribution is 0.663. The molecule has 0 spiro atoms. The van der Waals surface area contributed by atoms with Gasteiger partial charge in [0.15, 0.2) is 0 Å². The van der Waals surface area contributed by atoms with Crippen LogP contribution in [0.1, 0.15) is 65.2 Å². The lowest BCUT2D eigenvalue weighted by Gasteiger charge is -2.07. The molecular formula is C13H24. The third kappa shape index (κ3) is 3.97. The first-order valence-corrected chi connectivity index (χ1v) is 6.06. The Morgan fingerprint density at radius 1 is 1.23 bits per heavy atom. The van der Waals surface area contributed by atoms with Gasteiger partial charge in [0.2, 0.25) is 0 Å². The fourth-order valence-corrected chi connectivity index (χ4v) is 2.24. The van der Waals surface area contributed by atoms with Crippen molar-refractivity contribution in [3.05, 3.63) is 11.6 Å². The van der Waals surface area contributed by atoms with Crippen LogP contribution >= 0.6 is 0 Å². The highest BCUT2D eigenvalue weighted by Gasteiger charge is 2.12. The van der Waals surface area contributed by atoms with Gasteiger partial charge in [-0.15, -0.1) is 0 Å². The summed E-state index contributed by atoms with van der Waals surface area (Å²) in [4.78, 5) is 0. The highest BCUT2D eigenvalue weighted by Crippen LogP contribution is 2.28. The topological polar surface area (TPSA) is 0 Å². The Hall–Kier alpha value is -0.260. The van der Waals surface area contributed by atoms with Crippen molar-refractivity contribution < 1.29 is 0 Å². The van der Waals surface area contributed by atoms with Crippen molar-refractivity contribution in [2.45, 2.75) is 65.2 Å². The molecule has 1 aliphatic rings. The van der Waals surface area contributed by atoms with Crippen LogP contribution in [0, 0.1) is 5.92 Å². The molecule has 0 bridgehead atoms. The Labute approximate surface area is 83.4 Å². The van der Waals surface area contributed by atoms with Crippen molar-refractivity contribution in [1.82, 2.24) is 0 Å². The van der Waals surface area contributed by atoms with Gasteiger partial charge in [-0.25, -0.2) is 0 Å². The van der Waals surface area contributed by atoms with Crippen LogP contribution in [0.15, 0.2) is 11.6 Å². The van der Waals surface area contributed by atoms with E-state index in [9.17, 15) is 0 Å². The maximum atomic E-state index is 2.59. The Morgan fingerprint density at radius 2 is 1.92 bits per heavy atom. The van der Waals surface area contributed by atoms with Crippen molar-refractivity contribution in [2.75, 3.05) is 0 Å². The van der Waals surface area contributed by atoms with Crippen molar-refractivity contribution in [1.29, 1.82) is 0 Å². The first-order valence-electron chi connectivity index (χ1n) is 6.06. The number of allylic oxidation sites excluding steroid dienone is 2. The minimum atomic E-state index is 0.937. The molecule has 0 atom stereocenters. The SMILES string of the molecule is CCCC/C(=C\C1CCCC1)CC. The summed E-state index contributed by atoms with van der Waals surface area (Å²) in [6.45, 7) is 4.58. The van der Waals surface area contributed by atoms with Crippen molar-refractivity contribution in [3.8, 4) is 0 Å². The monoisotopic (exact) mass is 180 g/mol. The minimum Gasteiger partial charge on any atom is -0.0822 e. The molecule has 0 aliphatic heterocycles. The van der Waals surface area contributed by atoms with E-state index in [0.29, 0.717) is 0 Å². The summed E-state index contributed by atoms with van der Waals surface area (Å²) in [7, 11) is 0. The molecule has 1 fully saturated rings. The smallest absolute Gasteiger partial charge is 0.0231 e. The lowest BCUT2D eigenvalue weighted by Crippen LogP contribution is -1.91. The molecule has 1 rings (SSSR count).